The van der Waals surface area contributed by atoms with E-state index >= 15 is 0 Å². The molecule has 2 rings (SSSR count). The lowest BCUT2D eigenvalue weighted by atomic mass is 9.89. The monoisotopic (exact) mass is 310 g/mol. The number of esters is 1. The molecular formula is C20H22O3. The summed E-state index contributed by atoms with van der Waals surface area (Å²) in [6, 6.07) is 17.5. The molecule has 120 valence electrons. The van der Waals surface area contributed by atoms with Gasteiger partial charge in [-0.25, -0.2) is 0 Å². The van der Waals surface area contributed by atoms with Crippen molar-refractivity contribution in [3.63, 3.8) is 0 Å². The van der Waals surface area contributed by atoms with E-state index in [1.54, 1.807) is 13.8 Å². The van der Waals surface area contributed by atoms with Gasteiger partial charge in [0, 0.05) is 0 Å². The van der Waals surface area contributed by atoms with Crippen molar-refractivity contribution >= 4 is 12.0 Å². The summed E-state index contributed by atoms with van der Waals surface area (Å²) >= 11 is 0. The third kappa shape index (κ3) is 4.22. The van der Waals surface area contributed by atoms with Crippen LogP contribution in [0, 0.1) is 12.3 Å². The van der Waals surface area contributed by atoms with Crippen LogP contribution in [0.1, 0.15) is 25.0 Å². The maximum atomic E-state index is 12.2. The number of para-hydroxylation sites is 1. The summed E-state index contributed by atoms with van der Waals surface area (Å²) in [5.74, 6) is 0.883. The van der Waals surface area contributed by atoms with E-state index in [0.717, 1.165) is 5.56 Å². The first kappa shape index (κ1) is 16.8. The van der Waals surface area contributed by atoms with Gasteiger partial charge in [0.25, 0.3) is 0 Å². The SMILES string of the molecule is COC(=O)C(C)(C)/C(=C\c1ccc(C)cc1)Oc1ccccc1. The van der Waals surface area contributed by atoms with Gasteiger partial charge in [-0.3, -0.25) is 4.79 Å². The fourth-order valence-electron chi connectivity index (χ4n) is 2.12. The Hall–Kier alpha value is -2.55. The zero-order chi connectivity index (χ0) is 16.9. The molecule has 0 heterocycles. The Morgan fingerprint density at radius 2 is 1.61 bits per heavy atom. The van der Waals surface area contributed by atoms with Crippen LogP contribution in [-0.4, -0.2) is 13.1 Å². The van der Waals surface area contributed by atoms with Crippen molar-refractivity contribution in [3.05, 3.63) is 71.5 Å². The minimum absolute atomic E-state index is 0.341. The number of carbonyl (C=O) groups is 1. The molecule has 0 spiro atoms. The molecule has 2 aromatic carbocycles. The van der Waals surface area contributed by atoms with Crippen LogP contribution in [0.5, 0.6) is 5.75 Å². The summed E-state index contributed by atoms with van der Waals surface area (Å²) < 4.78 is 10.9. The number of methoxy groups -OCH3 is 1. The zero-order valence-corrected chi connectivity index (χ0v) is 14.0. The Bertz CT molecular complexity index is 683. The molecule has 0 bridgehead atoms. The summed E-state index contributed by atoms with van der Waals surface area (Å²) in [6.45, 7) is 5.62. The molecule has 0 amide bonds. The number of rotatable bonds is 5. The van der Waals surface area contributed by atoms with E-state index < -0.39 is 5.41 Å². The highest BCUT2D eigenvalue weighted by molar-refractivity contribution is 5.81. The Labute approximate surface area is 137 Å². The zero-order valence-electron chi connectivity index (χ0n) is 14.0. The van der Waals surface area contributed by atoms with Gasteiger partial charge < -0.3 is 9.47 Å². The predicted molar refractivity (Wildman–Crippen MR) is 92.0 cm³/mol. The Morgan fingerprint density at radius 3 is 2.17 bits per heavy atom. The van der Waals surface area contributed by atoms with E-state index in [1.165, 1.54) is 12.7 Å². The van der Waals surface area contributed by atoms with E-state index in [1.807, 2.05) is 67.6 Å². The maximum Gasteiger partial charge on any atom is 0.318 e. The largest absolute Gasteiger partial charge is 0.468 e. The second-order valence-electron chi connectivity index (χ2n) is 5.95. The number of hydrogen-bond donors (Lipinski definition) is 0. The number of aryl methyl sites for hydroxylation is 1. The molecule has 0 aromatic heterocycles. The molecule has 0 N–H and O–H groups in total. The molecule has 2 aromatic rings. The minimum atomic E-state index is -0.893. The van der Waals surface area contributed by atoms with Crippen molar-refractivity contribution in [2.75, 3.05) is 7.11 Å². The highest BCUT2D eigenvalue weighted by Gasteiger charge is 2.35. The van der Waals surface area contributed by atoms with Gasteiger partial charge in [0.1, 0.15) is 16.9 Å². The fraction of sp³-hybridized carbons (Fsp3) is 0.250. The lowest BCUT2D eigenvalue weighted by molar-refractivity contribution is -0.149. The normalized spacial score (nSPS) is 11.9. The number of hydrogen-bond acceptors (Lipinski definition) is 3. The van der Waals surface area contributed by atoms with E-state index in [4.69, 9.17) is 9.47 Å². The Balaban J connectivity index is 2.42. The first-order valence-electron chi connectivity index (χ1n) is 7.53. The Morgan fingerprint density at radius 1 is 1.00 bits per heavy atom. The lowest BCUT2D eigenvalue weighted by Crippen LogP contribution is -2.30. The lowest BCUT2D eigenvalue weighted by Gasteiger charge is -2.25. The summed E-state index contributed by atoms with van der Waals surface area (Å²) in [6.07, 6.45) is 1.88. The van der Waals surface area contributed by atoms with Crippen LogP contribution in [-0.2, 0) is 9.53 Å². The average Bonchev–Trinajstić information content (AvgIpc) is 2.56. The van der Waals surface area contributed by atoms with E-state index in [2.05, 4.69) is 0 Å². The molecule has 0 aliphatic carbocycles. The van der Waals surface area contributed by atoms with Crippen LogP contribution in [0.25, 0.3) is 6.08 Å². The smallest absolute Gasteiger partial charge is 0.318 e. The molecular weight excluding hydrogens is 288 g/mol. The van der Waals surface area contributed by atoms with E-state index in [0.29, 0.717) is 11.5 Å². The Kier molecular flexibility index (Phi) is 5.22. The van der Waals surface area contributed by atoms with Gasteiger partial charge in [0.2, 0.25) is 0 Å². The summed E-state index contributed by atoms with van der Waals surface area (Å²) in [4.78, 5) is 12.2. The first-order chi connectivity index (χ1) is 10.9. The first-order valence-corrected chi connectivity index (χ1v) is 7.53. The molecule has 0 aliphatic heterocycles. The molecule has 0 aliphatic rings. The number of benzene rings is 2. The van der Waals surface area contributed by atoms with Gasteiger partial charge in [-0.15, -0.1) is 0 Å². The molecule has 3 nitrogen and oxygen atoms in total. The predicted octanol–water partition coefficient (Wildman–Crippen LogP) is 4.61. The highest BCUT2D eigenvalue weighted by atomic mass is 16.5. The summed E-state index contributed by atoms with van der Waals surface area (Å²) in [5, 5.41) is 0. The average molecular weight is 310 g/mol. The standard InChI is InChI=1S/C20H22O3/c1-15-10-12-16(13-11-15)14-18(20(2,3)19(21)22-4)23-17-8-6-5-7-9-17/h5-14H,1-4H3/b18-14+. The van der Waals surface area contributed by atoms with Crippen LogP contribution in [0.2, 0.25) is 0 Å². The van der Waals surface area contributed by atoms with Crippen LogP contribution in [0.4, 0.5) is 0 Å². The van der Waals surface area contributed by atoms with Gasteiger partial charge in [0.05, 0.1) is 7.11 Å². The third-order valence-corrected chi connectivity index (χ3v) is 3.66. The maximum absolute atomic E-state index is 12.2. The number of carbonyl (C=O) groups excluding carboxylic acids is 1. The van der Waals surface area contributed by atoms with Crippen molar-refractivity contribution < 1.29 is 14.3 Å². The van der Waals surface area contributed by atoms with Crippen LogP contribution < -0.4 is 4.74 Å². The second-order valence-corrected chi connectivity index (χ2v) is 5.95. The molecule has 23 heavy (non-hydrogen) atoms. The van der Waals surface area contributed by atoms with Crippen molar-refractivity contribution in [1.29, 1.82) is 0 Å². The molecule has 3 heteroatoms. The fourth-order valence-corrected chi connectivity index (χ4v) is 2.12. The summed E-state index contributed by atoms with van der Waals surface area (Å²) in [7, 11) is 1.39. The van der Waals surface area contributed by atoms with Crippen LogP contribution in [0.15, 0.2) is 60.4 Å². The van der Waals surface area contributed by atoms with Crippen molar-refractivity contribution in [2.24, 2.45) is 5.41 Å². The van der Waals surface area contributed by atoms with E-state index in [9.17, 15) is 4.79 Å². The number of ether oxygens (including phenoxy) is 2. The third-order valence-electron chi connectivity index (χ3n) is 3.66. The van der Waals surface area contributed by atoms with Crippen molar-refractivity contribution in [3.8, 4) is 5.75 Å². The summed E-state index contributed by atoms with van der Waals surface area (Å²) in [5.41, 5.74) is 1.26. The van der Waals surface area contributed by atoms with Gasteiger partial charge >= 0.3 is 5.97 Å². The van der Waals surface area contributed by atoms with Crippen LogP contribution >= 0.6 is 0 Å². The molecule has 0 saturated heterocycles. The quantitative estimate of drug-likeness (QED) is 0.597. The van der Waals surface area contributed by atoms with Crippen molar-refractivity contribution in [2.45, 2.75) is 20.8 Å². The van der Waals surface area contributed by atoms with Gasteiger partial charge in [-0.05, 0) is 44.5 Å². The molecule has 0 saturated carbocycles. The molecule has 0 fully saturated rings. The van der Waals surface area contributed by atoms with Gasteiger partial charge in [-0.1, -0.05) is 48.0 Å². The van der Waals surface area contributed by atoms with E-state index in [-0.39, 0.29) is 5.97 Å². The van der Waals surface area contributed by atoms with Gasteiger partial charge in [0.15, 0.2) is 0 Å². The highest BCUT2D eigenvalue weighted by Crippen LogP contribution is 2.32. The molecule has 0 atom stereocenters. The van der Waals surface area contributed by atoms with Crippen molar-refractivity contribution in [1.82, 2.24) is 0 Å². The van der Waals surface area contributed by atoms with Crippen LogP contribution in [0.3, 0.4) is 0 Å². The van der Waals surface area contributed by atoms with Gasteiger partial charge in [-0.2, -0.15) is 0 Å². The topological polar surface area (TPSA) is 35.5 Å². The second kappa shape index (κ2) is 7.14. The molecule has 0 unspecified atom stereocenters. The molecule has 0 radical (unpaired) electrons. The minimum Gasteiger partial charge on any atom is -0.468 e.